The quantitative estimate of drug-likeness (QED) is 0.913. The smallest absolute Gasteiger partial charge is 0.228 e. The molecule has 1 aliphatic rings. The number of methoxy groups -OCH3 is 1. The van der Waals surface area contributed by atoms with Crippen molar-refractivity contribution in [3.63, 3.8) is 0 Å². The van der Waals surface area contributed by atoms with Crippen LogP contribution in [0.5, 0.6) is 5.88 Å². The number of thiazole rings is 1. The molecule has 1 atom stereocenters. The third-order valence-corrected chi connectivity index (χ3v) is 4.99. The van der Waals surface area contributed by atoms with Gasteiger partial charge in [0.1, 0.15) is 10.5 Å². The van der Waals surface area contributed by atoms with Crippen LogP contribution in [0.2, 0.25) is 0 Å². The second kappa shape index (κ2) is 6.11. The summed E-state index contributed by atoms with van der Waals surface area (Å²) in [7, 11) is 1.58. The van der Waals surface area contributed by atoms with Gasteiger partial charge in [0.25, 0.3) is 0 Å². The maximum atomic E-state index is 11.7. The number of hydrogen-bond acceptors (Lipinski definition) is 7. The summed E-state index contributed by atoms with van der Waals surface area (Å²) in [5, 5.41) is 6.02. The van der Waals surface area contributed by atoms with Gasteiger partial charge < -0.3 is 15.0 Å². The van der Waals surface area contributed by atoms with E-state index in [1.54, 1.807) is 30.7 Å². The summed E-state index contributed by atoms with van der Waals surface area (Å²) in [6.45, 7) is 4.82. The number of anilines is 1. The van der Waals surface area contributed by atoms with Gasteiger partial charge in [-0.1, -0.05) is 0 Å². The van der Waals surface area contributed by atoms with Crippen LogP contribution in [0.1, 0.15) is 24.0 Å². The maximum Gasteiger partial charge on any atom is 0.228 e. The number of hydrogen-bond donors (Lipinski definition) is 1. The zero-order valence-electron chi connectivity index (χ0n) is 13.4. The van der Waals surface area contributed by atoms with Crippen molar-refractivity contribution in [3.05, 3.63) is 28.3 Å². The highest BCUT2D eigenvalue weighted by molar-refractivity contribution is 7.09. The van der Waals surface area contributed by atoms with Gasteiger partial charge >= 0.3 is 0 Å². The molecule has 1 saturated heterocycles. The lowest BCUT2D eigenvalue weighted by atomic mass is 9.99. The van der Waals surface area contributed by atoms with E-state index in [1.807, 2.05) is 12.3 Å². The standard InChI is InChI=1S/C15H19N5O2S/c1-10-8-23-13(17-10)15(19-11(2)21)5-7-20(9-15)14-16-6-4-12(18-14)22-3/h4,6,8H,5,7,9H2,1-3H3,(H,19,21). The summed E-state index contributed by atoms with van der Waals surface area (Å²) in [4.78, 5) is 27.1. The molecule has 8 heteroatoms. The number of nitrogens with one attached hydrogen (secondary N) is 1. The SMILES string of the molecule is COc1ccnc(N2CCC(NC(C)=O)(c3nc(C)cs3)C2)n1. The number of aromatic nitrogens is 3. The molecule has 3 rings (SSSR count). The minimum absolute atomic E-state index is 0.0636. The Bertz CT molecular complexity index is 719. The van der Waals surface area contributed by atoms with Crippen molar-refractivity contribution in [2.24, 2.45) is 0 Å². The van der Waals surface area contributed by atoms with E-state index in [0.29, 0.717) is 18.4 Å². The van der Waals surface area contributed by atoms with Crippen molar-refractivity contribution in [3.8, 4) is 5.88 Å². The Morgan fingerprint density at radius 3 is 2.96 bits per heavy atom. The predicted molar refractivity (Wildman–Crippen MR) is 87.8 cm³/mol. The van der Waals surface area contributed by atoms with Gasteiger partial charge in [0.05, 0.1) is 13.7 Å². The molecule has 2 aromatic rings. The Hall–Kier alpha value is -2.22. The Labute approximate surface area is 138 Å². The van der Waals surface area contributed by atoms with Gasteiger partial charge in [-0.15, -0.1) is 11.3 Å². The van der Waals surface area contributed by atoms with E-state index in [0.717, 1.165) is 23.7 Å². The van der Waals surface area contributed by atoms with Crippen molar-refractivity contribution in [1.29, 1.82) is 0 Å². The number of amides is 1. The zero-order valence-corrected chi connectivity index (χ0v) is 14.2. The predicted octanol–water partition coefficient (Wildman–Crippen LogP) is 1.49. The molecular formula is C15H19N5O2S. The molecule has 23 heavy (non-hydrogen) atoms. The molecule has 122 valence electrons. The van der Waals surface area contributed by atoms with E-state index in [9.17, 15) is 4.79 Å². The van der Waals surface area contributed by atoms with Gasteiger partial charge in [0.15, 0.2) is 0 Å². The average molecular weight is 333 g/mol. The van der Waals surface area contributed by atoms with E-state index < -0.39 is 5.54 Å². The van der Waals surface area contributed by atoms with Gasteiger partial charge in [-0.05, 0) is 13.3 Å². The molecule has 0 saturated carbocycles. The number of carbonyl (C=O) groups is 1. The Balaban J connectivity index is 1.90. The number of ether oxygens (including phenoxy) is 1. The molecule has 1 N–H and O–H groups in total. The van der Waals surface area contributed by atoms with Crippen LogP contribution in [0.15, 0.2) is 17.6 Å². The number of aryl methyl sites for hydroxylation is 1. The maximum absolute atomic E-state index is 11.7. The van der Waals surface area contributed by atoms with E-state index in [-0.39, 0.29) is 5.91 Å². The van der Waals surface area contributed by atoms with Crippen molar-refractivity contribution in [2.45, 2.75) is 25.8 Å². The summed E-state index contributed by atoms with van der Waals surface area (Å²) in [6.07, 6.45) is 2.44. The Morgan fingerprint density at radius 2 is 2.30 bits per heavy atom. The van der Waals surface area contributed by atoms with E-state index in [4.69, 9.17) is 4.74 Å². The number of rotatable bonds is 4. The third kappa shape index (κ3) is 3.12. The molecule has 2 aromatic heterocycles. The first-order valence-corrected chi connectivity index (χ1v) is 8.24. The van der Waals surface area contributed by atoms with Crippen LogP contribution in [0.25, 0.3) is 0 Å². The number of nitrogens with zero attached hydrogens (tertiary/aromatic N) is 4. The Kier molecular flexibility index (Phi) is 4.16. The molecule has 0 aromatic carbocycles. The molecule has 1 unspecified atom stereocenters. The minimum atomic E-state index is -0.489. The largest absolute Gasteiger partial charge is 0.481 e. The van der Waals surface area contributed by atoms with E-state index in [2.05, 4.69) is 25.2 Å². The van der Waals surface area contributed by atoms with Crippen LogP contribution < -0.4 is 15.0 Å². The van der Waals surface area contributed by atoms with Crippen molar-refractivity contribution >= 4 is 23.2 Å². The van der Waals surface area contributed by atoms with Crippen LogP contribution in [0.4, 0.5) is 5.95 Å². The molecule has 0 radical (unpaired) electrons. The molecule has 0 aliphatic carbocycles. The summed E-state index contributed by atoms with van der Waals surface area (Å²) in [5.41, 5.74) is 0.475. The van der Waals surface area contributed by atoms with Gasteiger partial charge in [-0.2, -0.15) is 4.98 Å². The second-order valence-electron chi connectivity index (χ2n) is 5.63. The number of carbonyl (C=O) groups excluding carboxylic acids is 1. The summed E-state index contributed by atoms with van der Waals surface area (Å²) in [5.74, 6) is 1.06. The van der Waals surface area contributed by atoms with Crippen molar-refractivity contribution in [2.75, 3.05) is 25.1 Å². The zero-order chi connectivity index (χ0) is 16.4. The van der Waals surface area contributed by atoms with Gasteiger partial charge in [-0.25, -0.2) is 9.97 Å². The fourth-order valence-electron chi connectivity index (χ4n) is 2.82. The van der Waals surface area contributed by atoms with Crippen LogP contribution in [0.3, 0.4) is 0 Å². The highest BCUT2D eigenvalue weighted by Gasteiger charge is 2.43. The van der Waals surface area contributed by atoms with Crippen molar-refractivity contribution < 1.29 is 9.53 Å². The summed E-state index contributed by atoms with van der Waals surface area (Å²) < 4.78 is 5.16. The molecular weight excluding hydrogens is 314 g/mol. The lowest BCUT2D eigenvalue weighted by Crippen LogP contribution is -2.47. The minimum Gasteiger partial charge on any atom is -0.481 e. The first-order chi connectivity index (χ1) is 11.0. The van der Waals surface area contributed by atoms with Gasteiger partial charge in [-0.3, -0.25) is 4.79 Å². The molecule has 0 bridgehead atoms. The third-order valence-electron chi connectivity index (χ3n) is 3.82. The topological polar surface area (TPSA) is 80.2 Å². The highest BCUT2D eigenvalue weighted by atomic mass is 32.1. The highest BCUT2D eigenvalue weighted by Crippen LogP contribution is 2.35. The fraction of sp³-hybridized carbons (Fsp3) is 0.467. The van der Waals surface area contributed by atoms with E-state index >= 15 is 0 Å². The fourth-order valence-corrected chi connectivity index (χ4v) is 3.79. The van der Waals surface area contributed by atoms with Crippen LogP contribution in [-0.2, 0) is 10.3 Å². The summed E-state index contributed by atoms with van der Waals surface area (Å²) in [6, 6.07) is 1.71. The summed E-state index contributed by atoms with van der Waals surface area (Å²) >= 11 is 1.57. The van der Waals surface area contributed by atoms with Crippen LogP contribution >= 0.6 is 11.3 Å². The normalized spacial score (nSPS) is 20.6. The first-order valence-electron chi connectivity index (χ1n) is 7.36. The van der Waals surface area contributed by atoms with E-state index in [1.165, 1.54) is 6.92 Å². The molecule has 3 heterocycles. The Morgan fingerprint density at radius 1 is 1.48 bits per heavy atom. The molecule has 1 aliphatic heterocycles. The lowest BCUT2D eigenvalue weighted by Gasteiger charge is -2.28. The van der Waals surface area contributed by atoms with Gasteiger partial charge in [0, 0.05) is 36.8 Å². The molecule has 1 amide bonds. The monoisotopic (exact) mass is 333 g/mol. The molecule has 0 spiro atoms. The van der Waals surface area contributed by atoms with Crippen LogP contribution in [-0.4, -0.2) is 41.1 Å². The first kappa shape index (κ1) is 15.7. The molecule has 7 nitrogen and oxygen atoms in total. The van der Waals surface area contributed by atoms with Crippen LogP contribution in [0, 0.1) is 6.92 Å². The lowest BCUT2D eigenvalue weighted by molar-refractivity contribution is -0.120. The average Bonchev–Trinajstić information content (AvgIpc) is 3.14. The van der Waals surface area contributed by atoms with Crippen molar-refractivity contribution in [1.82, 2.24) is 20.3 Å². The van der Waals surface area contributed by atoms with Gasteiger partial charge in [0.2, 0.25) is 17.7 Å². The second-order valence-corrected chi connectivity index (χ2v) is 6.49. The molecule has 1 fully saturated rings.